The van der Waals surface area contributed by atoms with Gasteiger partial charge in [-0.25, -0.2) is 0 Å². The summed E-state index contributed by atoms with van der Waals surface area (Å²) in [4.78, 5) is 26.5. The third kappa shape index (κ3) is 4.69. The maximum Gasteiger partial charge on any atom is 0.303 e. The first-order chi connectivity index (χ1) is 17.0. The predicted molar refractivity (Wildman–Crippen MR) is 139 cm³/mol. The van der Waals surface area contributed by atoms with Crippen molar-refractivity contribution in [3.05, 3.63) is 72.4 Å². The van der Waals surface area contributed by atoms with Gasteiger partial charge in [-0.3, -0.25) is 9.59 Å². The summed E-state index contributed by atoms with van der Waals surface area (Å²) in [6.07, 6.45) is 7.09. The fourth-order valence-electron chi connectivity index (χ4n) is 6.90. The Hall–Kier alpha value is -2.70. The van der Waals surface area contributed by atoms with E-state index in [0.717, 1.165) is 5.56 Å². The molecule has 1 amide bonds. The highest BCUT2D eigenvalue weighted by Gasteiger charge is 2.68. The summed E-state index contributed by atoms with van der Waals surface area (Å²) in [5.41, 5.74) is -0.635. The molecule has 6 nitrogen and oxygen atoms in total. The van der Waals surface area contributed by atoms with Gasteiger partial charge in [0.25, 0.3) is 0 Å². The van der Waals surface area contributed by atoms with Gasteiger partial charge in [-0.2, -0.15) is 0 Å². The van der Waals surface area contributed by atoms with E-state index in [1.807, 2.05) is 49.4 Å². The van der Waals surface area contributed by atoms with E-state index in [1.54, 1.807) is 19.1 Å². The lowest BCUT2D eigenvalue weighted by Gasteiger charge is -2.52. The number of rotatable bonds is 3. The van der Waals surface area contributed by atoms with Crippen molar-refractivity contribution in [3.63, 3.8) is 0 Å². The van der Waals surface area contributed by atoms with Crippen LogP contribution in [0.1, 0.15) is 46.1 Å². The number of esters is 1. The van der Waals surface area contributed by atoms with Crippen LogP contribution in [0.25, 0.3) is 0 Å². The van der Waals surface area contributed by atoms with Crippen LogP contribution in [0.15, 0.2) is 66.8 Å². The zero-order valence-corrected chi connectivity index (χ0v) is 21.7. The standard InChI is InChI=1S/C30H39NO5/c1-18-10-9-13-23-27(33)20(3)19(2)26-24(16-22-11-7-6-8-12-22)31-28(34)30(23,26)25(36-21(4)32)14-15-29(5,35)17-18/h6-9,11-15,18-19,23-27,33,35H,3,10,16-17H2,1-2,4-5H3,(H,31,34)/b13-9+,15-14+/t18-,19+,23-,24-,25?,26-,27+,29+,30?/m0/s1. The Kier molecular flexibility index (Phi) is 7.31. The maximum atomic E-state index is 14.2. The minimum absolute atomic E-state index is 0.170. The monoisotopic (exact) mass is 493 g/mol. The predicted octanol–water partition coefficient (Wildman–Crippen LogP) is 3.74. The van der Waals surface area contributed by atoms with E-state index in [2.05, 4.69) is 18.8 Å². The van der Waals surface area contributed by atoms with Crippen LogP contribution in [0.5, 0.6) is 0 Å². The van der Waals surface area contributed by atoms with Crippen molar-refractivity contribution >= 4 is 11.9 Å². The maximum absolute atomic E-state index is 14.2. The largest absolute Gasteiger partial charge is 0.457 e. The van der Waals surface area contributed by atoms with Crippen molar-refractivity contribution in [2.75, 3.05) is 0 Å². The number of amides is 1. The fraction of sp³-hybridized carbons (Fsp3) is 0.533. The second-order valence-electron chi connectivity index (χ2n) is 11.3. The number of benzene rings is 1. The van der Waals surface area contributed by atoms with Crippen LogP contribution < -0.4 is 5.32 Å². The van der Waals surface area contributed by atoms with E-state index in [0.29, 0.717) is 24.8 Å². The lowest BCUT2D eigenvalue weighted by atomic mass is 9.51. The summed E-state index contributed by atoms with van der Waals surface area (Å²) >= 11 is 0. The minimum atomic E-state index is -1.26. The number of carbonyl (C=O) groups is 2. The molecule has 1 saturated heterocycles. The molecule has 0 bridgehead atoms. The summed E-state index contributed by atoms with van der Waals surface area (Å²) in [5, 5.41) is 25.8. The van der Waals surface area contributed by atoms with Gasteiger partial charge in [0.05, 0.1) is 11.7 Å². The molecule has 2 fully saturated rings. The summed E-state index contributed by atoms with van der Waals surface area (Å²) in [6, 6.07) is 9.73. The number of hydrogen-bond donors (Lipinski definition) is 3. The molecule has 6 heteroatoms. The lowest BCUT2D eigenvalue weighted by Crippen LogP contribution is -2.60. The second-order valence-corrected chi connectivity index (χ2v) is 11.3. The average Bonchev–Trinajstić information content (AvgIpc) is 3.08. The molecule has 3 N–H and O–H groups in total. The molecule has 1 saturated carbocycles. The van der Waals surface area contributed by atoms with Crippen molar-refractivity contribution in [2.24, 2.45) is 29.1 Å². The van der Waals surface area contributed by atoms with Gasteiger partial charge in [-0.1, -0.05) is 69.0 Å². The van der Waals surface area contributed by atoms with Crippen LogP contribution >= 0.6 is 0 Å². The van der Waals surface area contributed by atoms with Crippen LogP contribution in [0.3, 0.4) is 0 Å². The van der Waals surface area contributed by atoms with Crippen molar-refractivity contribution < 1.29 is 24.5 Å². The summed E-state index contributed by atoms with van der Waals surface area (Å²) in [7, 11) is 0. The number of carbonyl (C=O) groups excluding carboxylic acids is 2. The van der Waals surface area contributed by atoms with Crippen molar-refractivity contribution in [3.8, 4) is 0 Å². The molecule has 1 aliphatic heterocycles. The van der Waals surface area contributed by atoms with Crippen molar-refractivity contribution in [2.45, 2.75) is 70.8 Å². The Morgan fingerprint density at radius 1 is 1.22 bits per heavy atom. The Balaban J connectivity index is 1.92. The van der Waals surface area contributed by atoms with Gasteiger partial charge in [0, 0.05) is 24.8 Å². The van der Waals surface area contributed by atoms with E-state index < -0.39 is 35.1 Å². The number of nitrogens with one attached hydrogen (secondary N) is 1. The first-order valence-corrected chi connectivity index (χ1v) is 12.9. The molecule has 2 unspecified atom stereocenters. The van der Waals surface area contributed by atoms with Crippen LogP contribution in [-0.4, -0.2) is 45.9 Å². The normalized spacial score (nSPS) is 42.3. The fourth-order valence-corrected chi connectivity index (χ4v) is 6.90. The third-order valence-corrected chi connectivity index (χ3v) is 8.43. The lowest BCUT2D eigenvalue weighted by molar-refractivity contribution is -0.166. The Morgan fingerprint density at radius 3 is 2.58 bits per heavy atom. The van der Waals surface area contributed by atoms with Gasteiger partial charge in [0.1, 0.15) is 11.5 Å². The Labute approximate surface area is 214 Å². The van der Waals surface area contributed by atoms with Gasteiger partial charge in [0.15, 0.2) is 0 Å². The molecule has 2 aliphatic carbocycles. The summed E-state index contributed by atoms with van der Waals surface area (Å²) in [5.74, 6) is -1.75. The topological polar surface area (TPSA) is 95.9 Å². The molecule has 0 aromatic heterocycles. The number of aliphatic hydroxyl groups excluding tert-OH is 1. The number of ether oxygens (including phenoxy) is 1. The van der Waals surface area contributed by atoms with Crippen LogP contribution in [0.2, 0.25) is 0 Å². The quantitative estimate of drug-likeness (QED) is 0.440. The first kappa shape index (κ1) is 26.4. The molecule has 0 radical (unpaired) electrons. The molecular formula is C30H39NO5. The molecule has 1 aromatic carbocycles. The minimum Gasteiger partial charge on any atom is -0.457 e. The molecule has 9 atom stereocenters. The molecule has 36 heavy (non-hydrogen) atoms. The third-order valence-electron chi connectivity index (χ3n) is 8.43. The Morgan fingerprint density at radius 2 is 1.92 bits per heavy atom. The van der Waals surface area contributed by atoms with Gasteiger partial charge in [-0.15, -0.1) is 0 Å². The van der Waals surface area contributed by atoms with Gasteiger partial charge >= 0.3 is 5.97 Å². The highest BCUT2D eigenvalue weighted by molar-refractivity contribution is 5.89. The summed E-state index contributed by atoms with van der Waals surface area (Å²) in [6.45, 7) is 11.3. The van der Waals surface area contributed by atoms with Gasteiger partial charge < -0.3 is 20.3 Å². The molecule has 1 aromatic rings. The van der Waals surface area contributed by atoms with Crippen LogP contribution in [0.4, 0.5) is 0 Å². The SMILES string of the molecule is C=C1[C@@H](C)[C@H]2[C@H](Cc3ccccc3)NC(=O)C23C(OC(C)=O)/C=C/[C@@](C)(O)C[C@@H](C)C/C=C/[C@H]3[C@@H]1O. The van der Waals surface area contributed by atoms with E-state index in [9.17, 15) is 19.8 Å². The molecule has 3 aliphatic rings. The van der Waals surface area contributed by atoms with Gasteiger partial charge in [0.2, 0.25) is 5.91 Å². The van der Waals surface area contributed by atoms with E-state index in [4.69, 9.17) is 4.74 Å². The number of aliphatic hydroxyl groups is 2. The molecule has 1 heterocycles. The molecule has 194 valence electrons. The smallest absolute Gasteiger partial charge is 0.303 e. The number of hydrogen-bond acceptors (Lipinski definition) is 5. The average molecular weight is 494 g/mol. The zero-order valence-electron chi connectivity index (χ0n) is 21.7. The highest BCUT2D eigenvalue weighted by Crippen LogP contribution is 2.58. The molecule has 1 spiro atoms. The zero-order chi connectivity index (χ0) is 26.3. The second kappa shape index (κ2) is 9.98. The van der Waals surface area contributed by atoms with Crippen molar-refractivity contribution in [1.29, 1.82) is 0 Å². The highest BCUT2D eigenvalue weighted by atomic mass is 16.5. The number of allylic oxidation sites excluding steroid dienone is 1. The van der Waals surface area contributed by atoms with Crippen LogP contribution in [-0.2, 0) is 20.7 Å². The summed E-state index contributed by atoms with van der Waals surface area (Å²) < 4.78 is 5.89. The van der Waals surface area contributed by atoms with Crippen molar-refractivity contribution in [1.82, 2.24) is 5.32 Å². The van der Waals surface area contributed by atoms with Gasteiger partial charge in [-0.05, 0) is 55.2 Å². The molecular weight excluding hydrogens is 454 g/mol. The van der Waals surface area contributed by atoms with E-state index in [-0.39, 0.29) is 29.7 Å². The van der Waals surface area contributed by atoms with Crippen LogP contribution in [0, 0.1) is 29.1 Å². The van der Waals surface area contributed by atoms with E-state index >= 15 is 0 Å². The molecule has 4 rings (SSSR count). The Bertz CT molecular complexity index is 1060. The van der Waals surface area contributed by atoms with E-state index in [1.165, 1.54) is 6.92 Å². The first-order valence-electron chi connectivity index (χ1n) is 12.9.